The Morgan fingerprint density at radius 3 is 1.47 bits per heavy atom. The maximum absolute atomic E-state index is 8.72. The highest BCUT2D eigenvalue weighted by Crippen LogP contribution is 1.81. The summed E-state index contributed by atoms with van der Waals surface area (Å²) in [5.41, 5.74) is 5.07. The summed E-state index contributed by atoms with van der Waals surface area (Å²) in [7, 11) is 0. The first-order chi connectivity index (χ1) is 6.90. The van der Waals surface area contributed by atoms with Crippen LogP contribution in [0, 0.1) is 0 Å². The van der Waals surface area contributed by atoms with Crippen LogP contribution in [-0.2, 0) is 0 Å². The number of aliphatic hydroxyl groups is 3. The Hall–Kier alpha value is -0.200. The fourth-order valence-electron chi connectivity index (χ4n) is 0.742. The Bertz CT molecular complexity index is 111. The van der Waals surface area contributed by atoms with Crippen molar-refractivity contribution in [1.29, 1.82) is 0 Å². The summed E-state index contributed by atoms with van der Waals surface area (Å²) in [4.78, 5) is 0. The molecule has 0 aromatic rings. The molecule has 3 unspecified atom stereocenters. The molecule has 0 aromatic carbocycles. The van der Waals surface area contributed by atoms with Crippen LogP contribution >= 0.6 is 0 Å². The predicted molar refractivity (Wildman–Crippen MR) is 61.6 cm³/mol. The molecule has 0 spiro atoms. The molecule has 0 aliphatic carbocycles. The Morgan fingerprint density at radius 2 is 1.33 bits per heavy atom. The first kappa shape index (κ1) is 17.2. The summed E-state index contributed by atoms with van der Waals surface area (Å²) in [5, 5.41) is 28.8. The van der Waals surface area contributed by atoms with Gasteiger partial charge >= 0.3 is 0 Å². The maximum atomic E-state index is 8.72. The predicted octanol–water partition coefficient (Wildman–Crippen LogP) is -0.946. The lowest BCUT2D eigenvalue weighted by Gasteiger charge is -2.07. The Balaban J connectivity index is 0. The van der Waals surface area contributed by atoms with Crippen molar-refractivity contribution >= 4 is 0 Å². The van der Waals surface area contributed by atoms with Gasteiger partial charge in [-0.15, -0.1) is 0 Å². The van der Waals surface area contributed by atoms with E-state index in [2.05, 4.69) is 5.32 Å². The molecule has 0 saturated heterocycles. The number of aliphatic hydroxyl groups excluding tert-OH is 3. The van der Waals surface area contributed by atoms with Gasteiger partial charge < -0.3 is 26.4 Å². The lowest BCUT2D eigenvalue weighted by Crippen LogP contribution is -2.30. The second kappa shape index (κ2) is 11.9. The van der Waals surface area contributed by atoms with E-state index in [-0.39, 0.29) is 18.3 Å². The largest absolute Gasteiger partial charge is 0.393 e. The fraction of sp³-hybridized carbons (Fsp3) is 1.00. The van der Waals surface area contributed by atoms with Gasteiger partial charge in [-0.25, -0.2) is 0 Å². The summed E-state index contributed by atoms with van der Waals surface area (Å²) in [6.45, 7) is 6.81. The van der Waals surface area contributed by atoms with E-state index >= 15 is 0 Å². The molecule has 0 rings (SSSR count). The Morgan fingerprint density at radius 1 is 0.933 bits per heavy atom. The minimum absolute atomic E-state index is 0.227. The molecule has 15 heavy (non-hydrogen) atoms. The summed E-state index contributed by atoms with van der Waals surface area (Å²) in [6, 6.07) is 0. The van der Waals surface area contributed by atoms with E-state index in [9.17, 15) is 0 Å². The topological polar surface area (TPSA) is 98.7 Å². The van der Waals surface area contributed by atoms with E-state index in [1.165, 1.54) is 0 Å². The molecule has 3 atom stereocenters. The highest BCUT2D eigenvalue weighted by molar-refractivity contribution is 4.55. The van der Waals surface area contributed by atoms with Gasteiger partial charge in [0.25, 0.3) is 0 Å². The smallest absolute Gasteiger partial charge is 0.0636 e. The number of rotatable bonds is 6. The molecule has 6 N–H and O–H groups in total. The van der Waals surface area contributed by atoms with Gasteiger partial charge in [-0.1, -0.05) is 0 Å². The third kappa shape index (κ3) is 24.8. The molecule has 0 bridgehead atoms. The molecule has 0 aliphatic heterocycles. The van der Waals surface area contributed by atoms with Crippen molar-refractivity contribution in [2.24, 2.45) is 5.73 Å². The van der Waals surface area contributed by atoms with Crippen LogP contribution in [0.3, 0.4) is 0 Å². The van der Waals surface area contributed by atoms with Crippen molar-refractivity contribution in [3.8, 4) is 0 Å². The van der Waals surface area contributed by atoms with Crippen LogP contribution in [0.4, 0.5) is 0 Å². The fourth-order valence-corrected chi connectivity index (χ4v) is 0.742. The quantitative estimate of drug-likeness (QED) is 0.399. The molecule has 0 aliphatic rings. The summed E-state index contributed by atoms with van der Waals surface area (Å²) in [6.07, 6.45) is -0.178. The Kier molecular flexibility index (Phi) is 13.6. The lowest BCUT2D eigenvalue weighted by atomic mass is 10.3. The standard InChI is InChI=1S/C6H15NO2.C4H11NO/c1-5(8)3-7-4-6(2)9;1-4(6)2-3-5/h5-9H,3-4H2,1-2H3;4,6H,2-3,5H2,1H3. The zero-order valence-electron chi connectivity index (χ0n) is 9.98. The first-order valence-corrected chi connectivity index (χ1v) is 5.35. The van der Waals surface area contributed by atoms with Crippen LogP contribution in [0.1, 0.15) is 27.2 Å². The molecule has 0 saturated carbocycles. The van der Waals surface area contributed by atoms with E-state index in [0.717, 1.165) is 0 Å². The first-order valence-electron chi connectivity index (χ1n) is 5.35. The van der Waals surface area contributed by atoms with E-state index in [1.807, 2.05) is 0 Å². The third-order valence-corrected chi connectivity index (χ3v) is 1.46. The van der Waals surface area contributed by atoms with Crippen molar-refractivity contribution in [3.63, 3.8) is 0 Å². The molecule has 0 heterocycles. The van der Waals surface area contributed by atoms with E-state index in [1.54, 1.807) is 20.8 Å². The Labute approximate surface area is 92.3 Å². The maximum Gasteiger partial charge on any atom is 0.0636 e. The monoisotopic (exact) mass is 222 g/mol. The van der Waals surface area contributed by atoms with Crippen LogP contribution in [0.25, 0.3) is 0 Å². The van der Waals surface area contributed by atoms with Crippen LogP contribution in [0.2, 0.25) is 0 Å². The molecule has 5 nitrogen and oxygen atoms in total. The van der Waals surface area contributed by atoms with Gasteiger partial charge in [-0.2, -0.15) is 0 Å². The molecule has 5 heteroatoms. The summed E-state index contributed by atoms with van der Waals surface area (Å²) >= 11 is 0. The molecule has 0 radical (unpaired) electrons. The molecular weight excluding hydrogens is 196 g/mol. The molecule has 0 aromatic heterocycles. The van der Waals surface area contributed by atoms with Crippen LogP contribution in [0.15, 0.2) is 0 Å². The van der Waals surface area contributed by atoms with Gasteiger partial charge in [0.1, 0.15) is 0 Å². The molecule has 94 valence electrons. The summed E-state index contributed by atoms with van der Waals surface area (Å²) < 4.78 is 0. The highest BCUT2D eigenvalue weighted by atomic mass is 16.3. The minimum Gasteiger partial charge on any atom is -0.393 e. The molecule has 0 amide bonds. The summed E-state index contributed by atoms with van der Waals surface area (Å²) in [5.74, 6) is 0. The van der Waals surface area contributed by atoms with Crippen molar-refractivity contribution in [3.05, 3.63) is 0 Å². The van der Waals surface area contributed by atoms with Gasteiger partial charge in [-0.05, 0) is 33.7 Å². The number of hydrogen-bond acceptors (Lipinski definition) is 5. The lowest BCUT2D eigenvalue weighted by molar-refractivity contribution is 0.164. The highest BCUT2D eigenvalue weighted by Gasteiger charge is 1.96. The van der Waals surface area contributed by atoms with Gasteiger partial charge in [0.05, 0.1) is 18.3 Å². The van der Waals surface area contributed by atoms with Gasteiger partial charge in [0.2, 0.25) is 0 Å². The van der Waals surface area contributed by atoms with Gasteiger partial charge in [0, 0.05) is 13.1 Å². The zero-order chi connectivity index (χ0) is 12.3. The number of hydrogen-bond donors (Lipinski definition) is 5. The second-order valence-corrected chi connectivity index (χ2v) is 3.78. The average Bonchev–Trinajstić information content (AvgIpc) is 2.03. The van der Waals surface area contributed by atoms with Crippen molar-refractivity contribution in [2.75, 3.05) is 19.6 Å². The number of nitrogens with two attached hydrogens (primary N) is 1. The zero-order valence-corrected chi connectivity index (χ0v) is 9.98. The average molecular weight is 222 g/mol. The number of nitrogens with one attached hydrogen (secondary N) is 1. The van der Waals surface area contributed by atoms with E-state index in [4.69, 9.17) is 21.1 Å². The minimum atomic E-state index is -0.330. The SMILES string of the molecule is CC(O)CCN.CC(O)CNCC(C)O. The molecule has 0 fully saturated rings. The van der Waals surface area contributed by atoms with Crippen molar-refractivity contribution in [1.82, 2.24) is 5.32 Å². The van der Waals surface area contributed by atoms with E-state index < -0.39 is 0 Å². The van der Waals surface area contributed by atoms with Crippen LogP contribution < -0.4 is 11.1 Å². The van der Waals surface area contributed by atoms with Gasteiger partial charge in [-0.3, -0.25) is 0 Å². The van der Waals surface area contributed by atoms with Crippen molar-refractivity contribution < 1.29 is 15.3 Å². The van der Waals surface area contributed by atoms with E-state index in [0.29, 0.717) is 26.1 Å². The van der Waals surface area contributed by atoms with Crippen molar-refractivity contribution in [2.45, 2.75) is 45.5 Å². The van der Waals surface area contributed by atoms with Gasteiger partial charge in [0.15, 0.2) is 0 Å². The molecular formula is C10H26N2O3. The van der Waals surface area contributed by atoms with Crippen LogP contribution in [-0.4, -0.2) is 53.3 Å². The third-order valence-electron chi connectivity index (χ3n) is 1.46. The second-order valence-electron chi connectivity index (χ2n) is 3.78. The van der Waals surface area contributed by atoms with Crippen LogP contribution in [0.5, 0.6) is 0 Å². The normalized spacial score (nSPS) is 16.2.